The van der Waals surface area contributed by atoms with Crippen molar-refractivity contribution in [2.24, 2.45) is 5.73 Å². The predicted molar refractivity (Wildman–Crippen MR) is 106 cm³/mol. The Morgan fingerprint density at radius 1 is 0.889 bits per heavy atom. The van der Waals surface area contributed by atoms with Gasteiger partial charge >= 0.3 is 7.82 Å². The van der Waals surface area contributed by atoms with Crippen molar-refractivity contribution < 1.29 is 28.3 Å². The molecule has 0 aliphatic heterocycles. The first-order chi connectivity index (χ1) is 12.9. The van der Waals surface area contributed by atoms with Crippen LogP contribution in [0.25, 0.3) is 0 Å². The molecule has 1 aromatic carbocycles. The lowest BCUT2D eigenvalue weighted by Gasteiger charge is -2.14. The van der Waals surface area contributed by atoms with Crippen LogP contribution in [0.15, 0.2) is 24.3 Å². The third kappa shape index (κ3) is 13.7. The van der Waals surface area contributed by atoms with Crippen molar-refractivity contribution in [2.75, 3.05) is 19.8 Å². The second kappa shape index (κ2) is 14.0. The summed E-state index contributed by atoms with van der Waals surface area (Å²) in [6.45, 7) is 2.76. The van der Waals surface area contributed by atoms with E-state index in [4.69, 9.17) is 25.0 Å². The highest BCUT2D eigenvalue weighted by molar-refractivity contribution is 7.46. The molecule has 1 atom stereocenters. The average Bonchev–Trinajstić information content (AvgIpc) is 2.64. The zero-order valence-corrected chi connectivity index (χ0v) is 17.1. The van der Waals surface area contributed by atoms with E-state index < -0.39 is 13.9 Å². The topological polar surface area (TPSA) is 111 Å². The highest BCUT2D eigenvalue weighted by atomic mass is 31.2. The molecule has 0 radical (unpaired) electrons. The molecule has 1 aromatic rings. The van der Waals surface area contributed by atoms with Crippen LogP contribution in [0.3, 0.4) is 0 Å². The Morgan fingerprint density at radius 2 is 1.41 bits per heavy atom. The van der Waals surface area contributed by atoms with Crippen LogP contribution in [0.2, 0.25) is 0 Å². The van der Waals surface area contributed by atoms with Crippen LogP contribution in [0.4, 0.5) is 0 Å². The maximum absolute atomic E-state index is 10.6. The molecule has 0 unspecified atom stereocenters. The number of phosphoric acid groups is 1. The molecular formula is C19H34NO6P. The van der Waals surface area contributed by atoms with Gasteiger partial charge in [0.25, 0.3) is 0 Å². The van der Waals surface area contributed by atoms with E-state index in [0.29, 0.717) is 12.4 Å². The Kier molecular flexibility index (Phi) is 12.4. The molecule has 0 fully saturated rings. The van der Waals surface area contributed by atoms with Crippen molar-refractivity contribution in [3.05, 3.63) is 24.3 Å². The summed E-state index contributed by atoms with van der Waals surface area (Å²) in [5.41, 5.74) is 5.68. The summed E-state index contributed by atoms with van der Waals surface area (Å²) in [7, 11) is -4.50. The minimum Gasteiger partial charge on any atom is -0.494 e. The molecule has 0 saturated carbocycles. The van der Waals surface area contributed by atoms with Crippen LogP contribution < -0.4 is 15.2 Å². The molecule has 0 aliphatic rings. The number of ether oxygens (including phenoxy) is 2. The molecule has 0 bridgehead atoms. The molecule has 8 heteroatoms. The quantitative estimate of drug-likeness (QED) is 0.282. The zero-order chi connectivity index (χ0) is 20.0. The monoisotopic (exact) mass is 403 g/mol. The molecule has 7 nitrogen and oxygen atoms in total. The Balaban J connectivity index is 2.11. The fraction of sp³-hybridized carbons (Fsp3) is 0.684. The highest BCUT2D eigenvalue weighted by Gasteiger charge is 2.16. The molecule has 0 aliphatic carbocycles. The number of hydrogen-bond donors (Lipinski definition) is 3. The average molecular weight is 403 g/mol. The first-order valence-corrected chi connectivity index (χ1v) is 11.2. The highest BCUT2D eigenvalue weighted by Crippen LogP contribution is 2.35. The number of rotatable bonds is 16. The first kappa shape index (κ1) is 23.9. The molecule has 0 heterocycles. The Hall–Kier alpha value is -1.11. The Labute approximate surface area is 162 Å². The van der Waals surface area contributed by atoms with Gasteiger partial charge in [-0.1, -0.05) is 51.9 Å². The van der Waals surface area contributed by atoms with Gasteiger partial charge < -0.3 is 25.0 Å². The van der Waals surface area contributed by atoms with Crippen LogP contribution >= 0.6 is 7.82 Å². The zero-order valence-electron chi connectivity index (χ0n) is 16.2. The second-order valence-corrected chi connectivity index (χ2v) is 7.89. The second-order valence-electron chi connectivity index (χ2n) is 6.65. The van der Waals surface area contributed by atoms with E-state index >= 15 is 0 Å². The number of hydrogen-bond acceptors (Lipinski definition) is 5. The Morgan fingerprint density at radius 3 is 1.96 bits per heavy atom. The van der Waals surface area contributed by atoms with Gasteiger partial charge in [-0.3, -0.25) is 4.52 Å². The van der Waals surface area contributed by atoms with Gasteiger partial charge in [-0.15, -0.1) is 0 Å². The third-order valence-corrected chi connectivity index (χ3v) is 4.50. The molecule has 0 saturated heterocycles. The van der Waals surface area contributed by atoms with Gasteiger partial charge in [0.05, 0.1) is 19.3 Å². The summed E-state index contributed by atoms with van der Waals surface area (Å²) >= 11 is 0. The number of phosphoric ester groups is 1. The smallest absolute Gasteiger partial charge is 0.469 e. The molecular weight excluding hydrogens is 369 g/mol. The van der Waals surface area contributed by atoms with Crippen LogP contribution in [-0.2, 0) is 9.09 Å². The number of benzene rings is 1. The van der Waals surface area contributed by atoms with Gasteiger partial charge in [0.15, 0.2) is 0 Å². The van der Waals surface area contributed by atoms with Gasteiger partial charge in [0.1, 0.15) is 18.1 Å². The predicted octanol–water partition coefficient (Wildman–Crippen LogP) is 4.02. The summed E-state index contributed by atoms with van der Waals surface area (Å²) in [5, 5.41) is 0. The van der Waals surface area contributed by atoms with Crippen LogP contribution in [-0.4, -0.2) is 35.6 Å². The summed E-state index contributed by atoms with van der Waals surface area (Å²) in [6.07, 6.45) is 10.2. The molecule has 0 spiro atoms. The summed E-state index contributed by atoms with van der Waals surface area (Å²) < 4.78 is 26.1. The molecule has 0 amide bonds. The summed E-state index contributed by atoms with van der Waals surface area (Å²) in [4.78, 5) is 17.2. The lowest BCUT2D eigenvalue weighted by Crippen LogP contribution is -2.32. The van der Waals surface area contributed by atoms with Crippen molar-refractivity contribution in [1.82, 2.24) is 0 Å². The van der Waals surface area contributed by atoms with Gasteiger partial charge in [0.2, 0.25) is 0 Å². The van der Waals surface area contributed by atoms with Gasteiger partial charge in [0, 0.05) is 0 Å². The molecule has 156 valence electrons. The van der Waals surface area contributed by atoms with Crippen molar-refractivity contribution in [1.29, 1.82) is 0 Å². The molecule has 0 aromatic heterocycles. The van der Waals surface area contributed by atoms with Crippen molar-refractivity contribution >= 4 is 7.82 Å². The Bertz CT molecular complexity index is 534. The van der Waals surface area contributed by atoms with Crippen molar-refractivity contribution in [3.63, 3.8) is 0 Å². The van der Waals surface area contributed by atoms with Gasteiger partial charge in [-0.2, -0.15) is 0 Å². The van der Waals surface area contributed by atoms with E-state index in [-0.39, 0.29) is 13.2 Å². The van der Waals surface area contributed by atoms with Crippen molar-refractivity contribution in [3.8, 4) is 11.5 Å². The normalized spacial score (nSPS) is 12.7. The fourth-order valence-corrected chi connectivity index (χ4v) is 2.89. The number of unbranched alkanes of at least 4 members (excludes halogenated alkanes) is 7. The molecule has 27 heavy (non-hydrogen) atoms. The minimum absolute atomic E-state index is 0.0957. The maximum atomic E-state index is 10.6. The fourth-order valence-electron chi connectivity index (χ4n) is 2.50. The van der Waals surface area contributed by atoms with Crippen LogP contribution in [0.5, 0.6) is 11.5 Å². The van der Waals surface area contributed by atoms with E-state index in [9.17, 15) is 4.57 Å². The van der Waals surface area contributed by atoms with Gasteiger partial charge in [-0.25, -0.2) is 4.57 Å². The third-order valence-electron chi connectivity index (χ3n) is 4.01. The van der Waals surface area contributed by atoms with E-state index in [0.717, 1.165) is 12.2 Å². The lowest BCUT2D eigenvalue weighted by molar-refractivity contribution is 0.165. The first-order valence-electron chi connectivity index (χ1n) is 9.72. The number of nitrogens with two attached hydrogens (primary N) is 1. The van der Waals surface area contributed by atoms with Crippen LogP contribution in [0, 0.1) is 0 Å². The molecule has 4 N–H and O–H groups in total. The minimum atomic E-state index is -4.50. The van der Waals surface area contributed by atoms with Crippen LogP contribution in [0.1, 0.15) is 58.3 Å². The summed E-state index contributed by atoms with van der Waals surface area (Å²) in [6, 6.07) is 6.59. The lowest BCUT2D eigenvalue weighted by atomic mass is 10.1. The van der Waals surface area contributed by atoms with E-state index in [1.165, 1.54) is 44.9 Å². The van der Waals surface area contributed by atoms with Crippen molar-refractivity contribution in [2.45, 2.75) is 64.3 Å². The standard InChI is InChI=1S/C19H34NO6P/c1-2-3-4-5-6-7-8-9-14-24-18-10-12-19(13-11-18)25-15-17(20)16-26-27(21,22)23/h10-13,17H,2-9,14-16,20H2,1H3,(H2,21,22,23)/t17-/m1/s1. The SMILES string of the molecule is CCCCCCCCCCOc1ccc(OC[C@@H](N)COP(=O)(O)O)cc1. The molecule has 1 rings (SSSR count). The van der Waals surface area contributed by atoms with E-state index in [1.807, 2.05) is 12.1 Å². The summed E-state index contributed by atoms with van der Waals surface area (Å²) in [5.74, 6) is 1.40. The van der Waals surface area contributed by atoms with E-state index in [2.05, 4.69) is 11.4 Å². The van der Waals surface area contributed by atoms with Gasteiger partial charge in [-0.05, 0) is 30.7 Å². The maximum Gasteiger partial charge on any atom is 0.469 e. The largest absolute Gasteiger partial charge is 0.494 e. The van der Waals surface area contributed by atoms with E-state index in [1.54, 1.807) is 12.1 Å².